The van der Waals surface area contributed by atoms with Gasteiger partial charge >= 0.3 is 0 Å². The van der Waals surface area contributed by atoms with Gasteiger partial charge in [0.1, 0.15) is 0 Å². The van der Waals surface area contributed by atoms with Gasteiger partial charge in [0.25, 0.3) is 0 Å². The van der Waals surface area contributed by atoms with Crippen LogP contribution in [0.15, 0.2) is 18.2 Å². The summed E-state index contributed by atoms with van der Waals surface area (Å²) in [5.41, 5.74) is 9.11. The first kappa shape index (κ1) is 10.0. The van der Waals surface area contributed by atoms with E-state index < -0.39 is 0 Å². The number of hydrogen-bond donors (Lipinski definition) is 1. The summed E-state index contributed by atoms with van der Waals surface area (Å²) >= 11 is 0. The molecule has 0 heterocycles. The van der Waals surface area contributed by atoms with Crippen LogP contribution < -0.4 is 10.6 Å². The maximum Gasteiger partial charge on any atom is 0.236 e. The monoisotopic (exact) mass is 204 g/mol. The van der Waals surface area contributed by atoms with Gasteiger partial charge in [-0.15, -0.1) is 0 Å². The Bertz CT molecular complexity index is 387. The second-order valence-corrected chi connectivity index (χ2v) is 4.13. The van der Waals surface area contributed by atoms with Crippen molar-refractivity contribution in [2.24, 2.45) is 5.73 Å². The fraction of sp³-hybridized carbons (Fsp3) is 0.417. The summed E-state index contributed by atoms with van der Waals surface area (Å²) in [5, 5.41) is 0. The second-order valence-electron chi connectivity index (χ2n) is 4.13. The van der Waals surface area contributed by atoms with Crippen LogP contribution in [0.25, 0.3) is 0 Å². The quantitative estimate of drug-likeness (QED) is 0.801. The Kier molecular flexibility index (Phi) is 2.62. The summed E-state index contributed by atoms with van der Waals surface area (Å²) in [6.07, 6.45) is 3.60. The number of benzene rings is 1. The van der Waals surface area contributed by atoms with Crippen molar-refractivity contribution < 1.29 is 4.79 Å². The number of carbonyl (C=O) groups excluding carboxylic acids is 1. The van der Waals surface area contributed by atoms with E-state index in [0.29, 0.717) is 0 Å². The van der Waals surface area contributed by atoms with Gasteiger partial charge in [-0.3, -0.25) is 4.79 Å². The molecule has 3 nitrogen and oxygen atoms in total. The third-order valence-electron chi connectivity index (χ3n) is 2.92. The Morgan fingerprint density at radius 1 is 1.40 bits per heavy atom. The molecule has 0 aromatic heterocycles. The van der Waals surface area contributed by atoms with Crippen molar-refractivity contribution in [2.45, 2.75) is 19.3 Å². The van der Waals surface area contributed by atoms with Gasteiger partial charge in [0.2, 0.25) is 5.91 Å². The van der Waals surface area contributed by atoms with E-state index in [4.69, 9.17) is 5.73 Å². The lowest BCUT2D eigenvalue weighted by Crippen LogP contribution is -2.30. The molecule has 0 spiro atoms. The Balaban J connectivity index is 2.19. The number of likely N-dealkylation sites (N-methyl/N-ethyl adjacent to an activating group) is 1. The number of nitrogens with two attached hydrogens (primary N) is 1. The minimum absolute atomic E-state index is 0.277. The molecule has 1 aromatic carbocycles. The van der Waals surface area contributed by atoms with Crippen LogP contribution in [-0.2, 0) is 17.6 Å². The van der Waals surface area contributed by atoms with Crippen molar-refractivity contribution in [1.82, 2.24) is 0 Å². The van der Waals surface area contributed by atoms with E-state index in [1.165, 1.54) is 24.0 Å². The molecule has 0 bridgehead atoms. The van der Waals surface area contributed by atoms with Gasteiger partial charge in [0.05, 0.1) is 6.54 Å². The third kappa shape index (κ3) is 2.12. The summed E-state index contributed by atoms with van der Waals surface area (Å²) in [6, 6.07) is 6.40. The lowest BCUT2D eigenvalue weighted by Gasteiger charge is -2.18. The first-order valence-corrected chi connectivity index (χ1v) is 5.28. The molecule has 1 amide bonds. The van der Waals surface area contributed by atoms with Crippen molar-refractivity contribution in [3.63, 3.8) is 0 Å². The van der Waals surface area contributed by atoms with Gasteiger partial charge in [0.15, 0.2) is 0 Å². The van der Waals surface area contributed by atoms with Crippen LogP contribution >= 0.6 is 0 Å². The van der Waals surface area contributed by atoms with E-state index in [1.807, 2.05) is 11.9 Å². The smallest absolute Gasteiger partial charge is 0.236 e. The van der Waals surface area contributed by atoms with E-state index in [1.54, 1.807) is 0 Å². The molecular formula is C12H16N2O. The molecule has 0 aliphatic heterocycles. The molecule has 15 heavy (non-hydrogen) atoms. The second kappa shape index (κ2) is 3.93. The van der Waals surface area contributed by atoms with Crippen LogP contribution in [0, 0.1) is 0 Å². The highest BCUT2D eigenvalue weighted by Crippen LogP contribution is 2.26. The van der Waals surface area contributed by atoms with Crippen molar-refractivity contribution in [2.75, 3.05) is 18.5 Å². The molecule has 0 saturated heterocycles. The van der Waals surface area contributed by atoms with Gasteiger partial charge < -0.3 is 10.6 Å². The summed E-state index contributed by atoms with van der Waals surface area (Å²) in [5.74, 6) is -0.294. The van der Waals surface area contributed by atoms with Crippen LogP contribution in [0.1, 0.15) is 17.5 Å². The number of hydrogen-bond acceptors (Lipinski definition) is 2. The van der Waals surface area contributed by atoms with Crippen LogP contribution in [0.4, 0.5) is 5.69 Å². The van der Waals surface area contributed by atoms with Crippen molar-refractivity contribution in [3.05, 3.63) is 29.3 Å². The normalized spacial score (nSPS) is 13.7. The predicted octanol–water partition coefficient (Wildman–Crippen LogP) is 1.10. The van der Waals surface area contributed by atoms with E-state index in [9.17, 15) is 4.79 Å². The van der Waals surface area contributed by atoms with Crippen molar-refractivity contribution in [1.29, 1.82) is 0 Å². The Hall–Kier alpha value is -1.51. The average molecular weight is 204 g/mol. The minimum Gasteiger partial charge on any atom is -0.368 e. The van der Waals surface area contributed by atoms with Gasteiger partial charge in [-0.1, -0.05) is 6.07 Å². The number of nitrogens with zero attached hydrogens (tertiary/aromatic N) is 1. The zero-order valence-corrected chi connectivity index (χ0v) is 8.99. The summed E-state index contributed by atoms with van der Waals surface area (Å²) in [4.78, 5) is 12.7. The Morgan fingerprint density at radius 2 is 2.13 bits per heavy atom. The number of fused-ring (bicyclic) bond motifs is 1. The first-order valence-electron chi connectivity index (χ1n) is 5.28. The highest BCUT2D eigenvalue weighted by molar-refractivity contribution is 5.79. The molecule has 0 fully saturated rings. The molecule has 0 atom stereocenters. The molecule has 2 N–H and O–H groups in total. The van der Waals surface area contributed by atoms with Crippen molar-refractivity contribution >= 4 is 11.6 Å². The topological polar surface area (TPSA) is 46.3 Å². The number of primary amides is 1. The Labute approximate surface area is 89.9 Å². The van der Waals surface area contributed by atoms with E-state index >= 15 is 0 Å². The molecule has 1 aliphatic rings. The maximum absolute atomic E-state index is 10.8. The predicted molar refractivity (Wildman–Crippen MR) is 60.9 cm³/mol. The Morgan fingerprint density at radius 3 is 2.87 bits per heavy atom. The van der Waals surface area contributed by atoms with Gasteiger partial charge in [0, 0.05) is 12.7 Å². The SMILES string of the molecule is CN(CC(N)=O)c1ccc2c(c1)CCC2. The standard InChI is InChI=1S/C12H16N2O/c1-14(8-12(13)15)11-6-5-9-3-2-4-10(9)7-11/h5-7H,2-4,8H2,1H3,(H2,13,15). The van der Waals surface area contributed by atoms with Crippen LogP contribution in [0.2, 0.25) is 0 Å². The van der Waals surface area contributed by atoms with Gasteiger partial charge in [-0.05, 0) is 42.5 Å². The number of aryl methyl sites for hydroxylation is 2. The van der Waals surface area contributed by atoms with Crippen LogP contribution in [-0.4, -0.2) is 19.5 Å². The molecule has 0 radical (unpaired) electrons. The van der Waals surface area contributed by atoms with Gasteiger partial charge in [-0.25, -0.2) is 0 Å². The fourth-order valence-corrected chi connectivity index (χ4v) is 2.12. The zero-order chi connectivity index (χ0) is 10.8. The molecule has 0 saturated carbocycles. The summed E-state index contributed by atoms with van der Waals surface area (Å²) in [7, 11) is 1.89. The van der Waals surface area contributed by atoms with Crippen LogP contribution in [0.5, 0.6) is 0 Å². The molecule has 3 heteroatoms. The first-order chi connectivity index (χ1) is 7.16. The zero-order valence-electron chi connectivity index (χ0n) is 8.99. The lowest BCUT2D eigenvalue weighted by molar-refractivity contribution is -0.116. The number of anilines is 1. The minimum atomic E-state index is -0.294. The number of rotatable bonds is 3. The average Bonchev–Trinajstić information content (AvgIpc) is 2.62. The molecule has 1 aromatic rings. The third-order valence-corrected chi connectivity index (χ3v) is 2.92. The number of amides is 1. The highest BCUT2D eigenvalue weighted by atomic mass is 16.1. The summed E-state index contributed by atoms with van der Waals surface area (Å²) in [6.45, 7) is 0.277. The molecular weight excluding hydrogens is 188 g/mol. The lowest BCUT2D eigenvalue weighted by atomic mass is 10.1. The van der Waals surface area contributed by atoms with Gasteiger partial charge in [-0.2, -0.15) is 0 Å². The molecule has 0 unspecified atom stereocenters. The van der Waals surface area contributed by atoms with E-state index in [0.717, 1.165) is 12.1 Å². The molecule has 80 valence electrons. The fourth-order valence-electron chi connectivity index (χ4n) is 2.12. The van der Waals surface area contributed by atoms with Crippen LogP contribution in [0.3, 0.4) is 0 Å². The van der Waals surface area contributed by atoms with E-state index in [2.05, 4.69) is 18.2 Å². The molecule has 2 rings (SSSR count). The van der Waals surface area contributed by atoms with E-state index in [-0.39, 0.29) is 12.5 Å². The highest BCUT2D eigenvalue weighted by Gasteiger charge is 2.12. The largest absolute Gasteiger partial charge is 0.368 e. The molecule has 1 aliphatic carbocycles. The van der Waals surface area contributed by atoms with Crippen molar-refractivity contribution in [3.8, 4) is 0 Å². The summed E-state index contributed by atoms with van der Waals surface area (Å²) < 4.78 is 0. The maximum atomic E-state index is 10.8. The number of carbonyl (C=O) groups is 1.